The average molecular weight is 738 g/mol. The van der Waals surface area contributed by atoms with Crippen LogP contribution in [0.1, 0.15) is 77.8 Å². The molecule has 5 atom stereocenters. The summed E-state index contributed by atoms with van der Waals surface area (Å²) in [4.78, 5) is 35.5. The predicted octanol–water partition coefficient (Wildman–Crippen LogP) is 9.17. The fourth-order valence-electron chi connectivity index (χ4n) is 9.83. The molecular weight excluding hydrogens is 691 g/mol. The van der Waals surface area contributed by atoms with Crippen molar-refractivity contribution in [3.63, 3.8) is 0 Å². The lowest BCUT2D eigenvalue weighted by Crippen LogP contribution is -2.49. The number of aromatic nitrogens is 2. The van der Waals surface area contributed by atoms with E-state index in [1.54, 1.807) is 18.3 Å². The zero-order valence-corrected chi connectivity index (χ0v) is 31.5. The zero-order chi connectivity index (χ0) is 37.9. The first kappa shape index (κ1) is 35.5. The molecule has 2 aliphatic heterocycles. The molecule has 0 radical (unpaired) electrons. The Labute approximate surface area is 329 Å². The largest absolute Gasteiger partial charge is 0.378 e. The van der Waals surface area contributed by atoms with E-state index in [2.05, 4.69) is 147 Å². The standard InChI is InChI=1S/C49H47N5O2/c55-45(30-29-44-50-32-34-54(44)49(36-19-7-2-8-20-36,37-21-9-3-10-22-37)38-23-11-4-12-24-38)51-43-28-16-14-26-40(43)48(56)53-33-31-41-46(35-17-5-1-6-18-35)52-42-27-15-13-25-39(42)47(41)53/h1-13,15,17-25,27,29-30,32,34,40-41,43,46-47,52H,14,16,26,28,31,33H2,(H,51,55)/t40-,41+,43+,46-,47-/m0/s1. The number of hydrogen-bond donors (Lipinski definition) is 2. The first-order valence-corrected chi connectivity index (χ1v) is 20.0. The van der Waals surface area contributed by atoms with Crippen molar-refractivity contribution in [3.05, 3.63) is 198 Å². The van der Waals surface area contributed by atoms with Crippen molar-refractivity contribution in [2.24, 2.45) is 11.8 Å². The smallest absolute Gasteiger partial charge is 0.244 e. The van der Waals surface area contributed by atoms with Gasteiger partial charge >= 0.3 is 0 Å². The second-order valence-electron chi connectivity index (χ2n) is 15.4. The summed E-state index contributed by atoms with van der Waals surface area (Å²) >= 11 is 0. The van der Waals surface area contributed by atoms with Crippen LogP contribution in [-0.2, 0) is 15.1 Å². The molecule has 7 heteroatoms. The van der Waals surface area contributed by atoms with Gasteiger partial charge in [0.1, 0.15) is 11.4 Å². The topological polar surface area (TPSA) is 79.3 Å². The van der Waals surface area contributed by atoms with Crippen LogP contribution in [0.5, 0.6) is 0 Å². The van der Waals surface area contributed by atoms with Crippen LogP contribution in [0.3, 0.4) is 0 Å². The highest BCUT2D eigenvalue weighted by molar-refractivity contribution is 5.92. The zero-order valence-electron chi connectivity index (χ0n) is 31.5. The maximum Gasteiger partial charge on any atom is 0.244 e. The second kappa shape index (κ2) is 15.5. The van der Waals surface area contributed by atoms with Crippen molar-refractivity contribution < 1.29 is 9.59 Å². The number of nitrogens with zero attached hydrogens (tertiary/aromatic N) is 3. The highest BCUT2D eigenvalue weighted by Crippen LogP contribution is 2.52. The third-order valence-electron chi connectivity index (χ3n) is 12.3. The average Bonchev–Trinajstić information content (AvgIpc) is 3.93. The number of carbonyl (C=O) groups excluding carboxylic acids is 2. The maximum absolute atomic E-state index is 14.7. The molecule has 9 rings (SSSR count). The Morgan fingerprint density at radius 1 is 0.714 bits per heavy atom. The van der Waals surface area contributed by atoms with E-state index in [1.165, 1.54) is 11.1 Å². The van der Waals surface area contributed by atoms with E-state index in [1.807, 2.05) is 24.4 Å². The summed E-state index contributed by atoms with van der Waals surface area (Å²) in [6, 6.07) is 50.2. The molecule has 1 aromatic heterocycles. The van der Waals surface area contributed by atoms with Gasteiger partial charge in [-0.2, -0.15) is 0 Å². The van der Waals surface area contributed by atoms with E-state index in [9.17, 15) is 9.59 Å². The number of hydrogen-bond acceptors (Lipinski definition) is 4. The molecule has 1 saturated heterocycles. The monoisotopic (exact) mass is 737 g/mol. The third-order valence-corrected chi connectivity index (χ3v) is 12.3. The van der Waals surface area contributed by atoms with Gasteiger partial charge in [-0.05, 0) is 59.2 Å². The number of rotatable bonds is 9. The lowest BCUT2D eigenvalue weighted by atomic mass is 9.76. The van der Waals surface area contributed by atoms with Crippen molar-refractivity contribution in [2.45, 2.75) is 55.8 Å². The first-order chi connectivity index (χ1) is 27.6. The van der Waals surface area contributed by atoms with Gasteiger partial charge in [0, 0.05) is 42.7 Å². The Bertz CT molecular complexity index is 2210. The molecule has 2 amide bonds. The van der Waals surface area contributed by atoms with E-state index in [0.717, 1.165) is 54.5 Å². The van der Waals surface area contributed by atoms with Gasteiger partial charge in [-0.15, -0.1) is 0 Å². The van der Waals surface area contributed by atoms with Crippen LogP contribution in [0.4, 0.5) is 5.69 Å². The summed E-state index contributed by atoms with van der Waals surface area (Å²) in [5, 5.41) is 7.11. The van der Waals surface area contributed by atoms with Crippen molar-refractivity contribution in [3.8, 4) is 0 Å². The number of nitrogens with one attached hydrogen (secondary N) is 2. The summed E-state index contributed by atoms with van der Waals surface area (Å²) in [6.07, 6.45) is 11.6. The van der Waals surface area contributed by atoms with Crippen molar-refractivity contribution >= 4 is 23.6 Å². The van der Waals surface area contributed by atoms with E-state index < -0.39 is 5.54 Å². The molecule has 7 nitrogen and oxygen atoms in total. The molecule has 3 aliphatic rings. The molecule has 1 aliphatic carbocycles. The van der Waals surface area contributed by atoms with Crippen LogP contribution < -0.4 is 10.6 Å². The van der Waals surface area contributed by atoms with Crippen molar-refractivity contribution in [1.82, 2.24) is 19.8 Å². The highest BCUT2D eigenvalue weighted by Gasteiger charge is 2.48. The lowest BCUT2D eigenvalue weighted by molar-refractivity contribution is -0.139. The second-order valence-corrected chi connectivity index (χ2v) is 15.4. The molecule has 1 saturated carbocycles. The van der Waals surface area contributed by atoms with E-state index in [0.29, 0.717) is 12.4 Å². The molecule has 2 N–H and O–H groups in total. The number of para-hydroxylation sites is 1. The van der Waals surface area contributed by atoms with Crippen LogP contribution in [0.15, 0.2) is 164 Å². The minimum atomic E-state index is -0.752. The van der Waals surface area contributed by atoms with Crippen LogP contribution in [-0.4, -0.2) is 38.9 Å². The summed E-state index contributed by atoms with van der Waals surface area (Å²) in [7, 11) is 0. The number of amides is 2. The SMILES string of the molecule is O=C(C=Cc1nccn1C(c1ccccc1)(c1ccccc1)c1ccccc1)N[C@@H]1CCCC[C@@H]1C(=O)N1CC[C@@H]2[C@H](c3ccccc3)Nc3ccccc3[C@@H]21. The van der Waals surface area contributed by atoms with Gasteiger partial charge in [0.2, 0.25) is 11.8 Å². The molecular formula is C49H47N5O2. The molecule has 0 unspecified atom stereocenters. The van der Waals surface area contributed by atoms with Crippen LogP contribution in [0, 0.1) is 11.8 Å². The quantitative estimate of drug-likeness (QED) is 0.115. The Morgan fingerprint density at radius 3 is 1.96 bits per heavy atom. The Kier molecular flexibility index (Phi) is 9.82. The van der Waals surface area contributed by atoms with Crippen molar-refractivity contribution in [1.29, 1.82) is 0 Å². The van der Waals surface area contributed by atoms with Gasteiger partial charge in [0.15, 0.2) is 0 Å². The van der Waals surface area contributed by atoms with Crippen LogP contribution in [0.25, 0.3) is 6.08 Å². The van der Waals surface area contributed by atoms with E-state index in [-0.39, 0.29) is 41.8 Å². The molecule has 0 bridgehead atoms. The minimum Gasteiger partial charge on any atom is -0.378 e. The van der Waals surface area contributed by atoms with Crippen LogP contribution >= 0.6 is 0 Å². The number of anilines is 1. The van der Waals surface area contributed by atoms with Gasteiger partial charge in [0.05, 0.1) is 18.0 Å². The summed E-state index contributed by atoms with van der Waals surface area (Å²) in [5.74, 6) is 0.567. The molecule has 280 valence electrons. The number of carbonyl (C=O) groups is 2. The normalized spacial score (nSPS) is 21.9. The molecule has 6 aromatic rings. The molecule has 5 aromatic carbocycles. The Morgan fingerprint density at radius 2 is 1.30 bits per heavy atom. The van der Waals surface area contributed by atoms with Gasteiger partial charge in [-0.25, -0.2) is 4.98 Å². The third kappa shape index (κ3) is 6.41. The Hall–Kier alpha value is -6.21. The highest BCUT2D eigenvalue weighted by atomic mass is 16.2. The van der Waals surface area contributed by atoms with Gasteiger partial charge in [-0.3, -0.25) is 9.59 Å². The summed E-state index contributed by atoms with van der Waals surface area (Å²) in [6.45, 7) is 0.708. The van der Waals surface area contributed by atoms with Crippen LogP contribution in [0.2, 0.25) is 0 Å². The number of benzene rings is 5. The lowest BCUT2D eigenvalue weighted by Gasteiger charge is -2.42. The summed E-state index contributed by atoms with van der Waals surface area (Å²) in [5.41, 5.74) is 6.00. The Balaban J connectivity index is 0.988. The summed E-state index contributed by atoms with van der Waals surface area (Å²) < 4.78 is 2.16. The molecule has 3 heterocycles. The minimum absolute atomic E-state index is 0.0127. The fraction of sp³-hybridized carbons (Fsp3) is 0.245. The first-order valence-electron chi connectivity index (χ1n) is 20.0. The van der Waals surface area contributed by atoms with Gasteiger partial charge < -0.3 is 20.1 Å². The fourth-order valence-corrected chi connectivity index (χ4v) is 9.83. The van der Waals surface area contributed by atoms with E-state index in [4.69, 9.17) is 4.98 Å². The molecule has 2 fully saturated rings. The number of fused-ring (bicyclic) bond motifs is 3. The van der Waals surface area contributed by atoms with Crippen molar-refractivity contribution in [2.75, 3.05) is 11.9 Å². The number of imidazole rings is 1. The van der Waals surface area contributed by atoms with E-state index >= 15 is 0 Å². The molecule has 0 spiro atoms. The van der Waals surface area contributed by atoms with Gasteiger partial charge in [-0.1, -0.05) is 152 Å². The number of likely N-dealkylation sites (tertiary alicyclic amines) is 1. The van der Waals surface area contributed by atoms with Gasteiger partial charge in [0.25, 0.3) is 0 Å². The predicted molar refractivity (Wildman–Crippen MR) is 222 cm³/mol. The maximum atomic E-state index is 14.7. The molecule has 56 heavy (non-hydrogen) atoms.